The number of ether oxygens (including phenoxy) is 1. The van der Waals surface area contributed by atoms with Gasteiger partial charge in [-0.3, -0.25) is 9.82 Å². The van der Waals surface area contributed by atoms with Gasteiger partial charge in [-0.15, -0.1) is 0 Å². The molecule has 0 aliphatic rings. The van der Waals surface area contributed by atoms with Gasteiger partial charge >= 0.3 is 0 Å². The maximum Gasteiger partial charge on any atom is 0.234 e. The van der Waals surface area contributed by atoms with Crippen LogP contribution < -0.4 is 4.72 Å². The topological polar surface area (TPSA) is 84.1 Å². The lowest BCUT2D eigenvalue weighted by atomic mass is 10.3. The number of aromatic amines is 1. The molecule has 1 aromatic rings. The molecule has 0 fully saturated rings. The van der Waals surface area contributed by atoms with Crippen molar-refractivity contribution in [1.82, 2.24) is 10.2 Å². The highest BCUT2D eigenvalue weighted by molar-refractivity contribution is 7.92. The van der Waals surface area contributed by atoms with Gasteiger partial charge in [0.15, 0.2) is 5.82 Å². The van der Waals surface area contributed by atoms with Crippen LogP contribution in [0.5, 0.6) is 0 Å². The first-order chi connectivity index (χ1) is 7.57. The van der Waals surface area contributed by atoms with Crippen molar-refractivity contribution in [2.24, 2.45) is 0 Å². The fraction of sp³-hybridized carbons (Fsp3) is 0.667. The first kappa shape index (κ1) is 13.0. The number of anilines is 1. The van der Waals surface area contributed by atoms with E-state index in [4.69, 9.17) is 4.74 Å². The summed E-state index contributed by atoms with van der Waals surface area (Å²) in [6.07, 6.45) is 1.26. The van der Waals surface area contributed by atoms with Gasteiger partial charge in [0.25, 0.3) is 0 Å². The summed E-state index contributed by atoms with van der Waals surface area (Å²) in [5.41, 5.74) is 0.898. The van der Waals surface area contributed by atoms with Crippen LogP contribution in [0.4, 0.5) is 5.82 Å². The third kappa shape index (κ3) is 4.19. The van der Waals surface area contributed by atoms with E-state index < -0.39 is 10.0 Å². The van der Waals surface area contributed by atoms with Crippen LogP contribution in [0.25, 0.3) is 0 Å². The number of nitrogens with one attached hydrogen (secondary N) is 2. The molecule has 0 atom stereocenters. The summed E-state index contributed by atoms with van der Waals surface area (Å²) in [6, 6.07) is 1.69. The predicted molar refractivity (Wildman–Crippen MR) is 61.9 cm³/mol. The molecule has 0 radical (unpaired) electrons. The number of H-pyrrole nitrogens is 1. The molecule has 0 aromatic carbocycles. The molecule has 2 N–H and O–H groups in total. The van der Waals surface area contributed by atoms with E-state index in [1.165, 1.54) is 0 Å². The summed E-state index contributed by atoms with van der Waals surface area (Å²) >= 11 is 0. The van der Waals surface area contributed by atoms with Crippen molar-refractivity contribution >= 4 is 15.8 Å². The highest BCUT2D eigenvalue weighted by Crippen LogP contribution is 2.08. The number of hydrogen-bond donors (Lipinski definition) is 2. The molecular weight excluding hydrogens is 230 g/mol. The minimum Gasteiger partial charge on any atom is -0.385 e. The monoisotopic (exact) mass is 247 g/mol. The van der Waals surface area contributed by atoms with Crippen LogP contribution in [0.2, 0.25) is 0 Å². The number of methoxy groups -OCH3 is 1. The average Bonchev–Trinajstić information content (AvgIpc) is 2.65. The summed E-state index contributed by atoms with van der Waals surface area (Å²) in [6.45, 7) is 2.39. The Balaban J connectivity index is 2.51. The molecule has 0 unspecified atom stereocenters. The van der Waals surface area contributed by atoms with Gasteiger partial charge in [-0.25, -0.2) is 8.42 Å². The molecule has 6 nitrogen and oxygen atoms in total. The molecule has 1 aromatic heterocycles. The summed E-state index contributed by atoms with van der Waals surface area (Å²) < 4.78 is 30.3. The Morgan fingerprint density at radius 2 is 2.31 bits per heavy atom. The zero-order valence-corrected chi connectivity index (χ0v) is 10.3. The van der Waals surface area contributed by atoms with Crippen molar-refractivity contribution in [2.75, 3.05) is 24.2 Å². The molecule has 92 valence electrons. The molecule has 16 heavy (non-hydrogen) atoms. The summed E-state index contributed by atoms with van der Waals surface area (Å²) in [4.78, 5) is 0. The molecule has 0 saturated heterocycles. The smallest absolute Gasteiger partial charge is 0.234 e. The van der Waals surface area contributed by atoms with Crippen LogP contribution >= 0.6 is 0 Å². The Morgan fingerprint density at radius 1 is 1.56 bits per heavy atom. The van der Waals surface area contributed by atoms with Crippen molar-refractivity contribution in [1.29, 1.82) is 0 Å². The van der Waals surface area contributed by atoms with Gasteiger partial charge < -0.3 is 4.74 Å². The van der Waals surface area contributed by atoms with E-state index in [0.29, 0.717) is 18.8 Å². The van der Waals surface area contributed by atoms with Crippen molar-refractivity contribution in [3.63, 3.8) is 0 Å². The highest BCUT2D eigenvalue weighted by Gasteiger charge is 2.11. The van der Waals surface area contributed by atoms with E-state index >= 15 is 0 Å². The van der Waals surface area contributed by atoms with Crippen molar-refractivity contribution in [3.8, 4) is 0 Å². The third-order valence-corrected chi connectivity index (χ3v) is 3.38. The van der Waals surface area contributed by atoms with E-state index in [1.54, 1.807) is 13.2 Å². The van der Waals surface area contributed by atoms with Crippen molar-refractivity contribution in [3.05, 3.63) is 11.8 Å². The normalized spacial score (nSPS) is 11.6. The van der Waals surface area contributed by atoms with Crippen LogP contribution in [0.3, 0.4) is 0 Å². The minimum atomic E-state index is -3.31. The Labute approximate surface area is 95.4 Å². The maximum absolute atomic E-state index is 11.6. The van der Waals surface area contributed by atoms with Crippen LogP contribution in [-0.2, 0) is 21.2 Å². The summed E-state index contributed by atoms with van der Waals surface area (Å²) in [5.74, 6) is 0.379. The van der Waals surface area contributed by atoms with Gasteiger partial charge in [-0.1, -0.05) is 6.92 Å². The van der Waals surface area contributed by atoms with Crippen LogP contribution in [0, 0.1) is 0 Å². The molecule has 0 aliphatic carbocycles. The molecule has 7 heteroatoms. The fourth-order valence-electron chi connectivity index (χ4n) is 1.20. The zero-order valence-electron chi connectivity index (χ0n) is 9.49. The number of sulfonamides is 1. The Morgan fingerprint density at radius 3 is 2.88 bits per heavy atom. The largest absolute Gasteiger partial charge is 0.385 e. The zero-order chi connectivity index (χ0) is 12.0. The van der Waals surface area contributed by atoms with Gasteiger partial charge in [0.1, 0.15) is 0 Å². The Kier molecular flexibility index (Phi) is 4.75. The second kappa shape index (κ2) is 5.86. The number of aryl methyl sites for hydroxylation is 1. The quantitative estimate of drug-likeness (QED) is 0.696. The van der Waals surface area contributed by atoms with Gasteiger partial charge in [0.2, 0.25) is 10.0 Å². The molecule has 0 amide bonds. The van der Waals surface area contributed by atoms with Gasteiger partial charge in [0, 0.05) is 25.5 Å². The Hall–Kier alpha value is -1.08. The van der Waals surface area contributed by atoms with E-state index in [1.807, 2.05) is 6.92 Å². The molecule has 0 bridgehead atoms. The van der Waals surface area contributed by atoms with E-state index in [-0.39, 0.29) is 5.75 Å². The first-order valence-electron chi connectivity index (χ1n) is 5.11. The molecule has 0 aliphatic heterocycles. The van der Waals surface area contributed by atoms with E-state index in [0.717, 1.165) is 12.1 Å². The van der Waals surface area contributed by atoms with E-state index in [9.17, 15) is 8.42 Å². The molecule has 0 saturated carbocycles. The standard InChI is InChI=1S/C9H17N3O3S/c1-3-8-7-9(11-10-8)12-16(13,14)6-4-5-15-2/h7H,3-6H2,1-2H3,(H2,10,11,12). The van der Waals surface area contributed by atoms with Gasteiger partial charge in [-0.2, -0.15) is 5.10 Å². The third-order valence-electron chi connectivity index (χ3n) is 2.03. The van der Waals surface area contributed by atoms with E-state index in [2.05, 4.69) is 14.9 Å². The molecule has 1 rings (SSSR count). The van der Waals surface area contributed by atoms with Crippen LogP contribution in [0.15, 0.2) is 6.07 Å². The first-order valence-corrected chi connectivity index (χ1v) is 6.76. The average molecular weight is 247 g/mol. The predicted octanol–water partition coefficient (Wildman–Crippen LogP) is 0.750. The van der Waals surface area contributed by atoms with Crippen molar-refractivity contribution in [2.45, 2.75) is 19.8 Å². The fourth-order valence-corrected chi connectivity index (χ4v) is 2.22. The number of rotatable bonds is 7. The van der Waals surface area contributed by atoms with Crippen LogP contribution in [0.1, 0.15) is 19.0 Å². The summed E-state index contributed by atoms with van der Waals surface area (Å²) in [5, 5.41) is 6.60. The Bertz CT molecular complexity index is 413. The number of hydrogen-bond acceptors (Lipinski definition) is 4. The summed E-state index contributed by atoms with van der Waals surface area (Å²) in [7, 11) is -1.77. The lowest BCUT2D eigenvalue weighted by molar-refractivity contribution is 0.199. The molecule has 0 spiro atoms. The molecule has 1 heterocycles. The van der Waals surface area contributed by atoms with Gasteiger partial charge in [-0.05, 0) is 12.8 Å². The minimum absolute atomic E-state index is 0.0369. The number of nitrogens with zero attached hydrogens (tertiary/aromatic N) is 1. The highest BCUT2D eigenvalue weighted by atomic mass is 32.2. The number of aromatic nitrogens is 2. The lowest BCUT2D eigenvalue weighted by Crippen LogP contribution is -2.17. The van der Waals surface area contributed by atoms with Gasteiger partial charge in [0.05, 0.1) is 5.75 Å². The second-order valence-corrected chi connectivity index (χ2v) is 5.24. The van der Waals surface area contributed by atoms with Crippen molar-refractivity contribution < 1.29 is 13.2 Å². The second-order valence-electron chi connectivity index (χ2n) is 3.40. The molecular formula is C9H17N3O3S. The SMILES string of the molecule is CCc1cc(NS(=O)(=O)CCCOC)n[nH]1. The lowest BCUT2D eigenvalue weighted by Gasteiger charge is -2.04. The van der Waals surface area contributed by atoms with Crippen LogP contribution in [-0.4, -0.2) is 38.1 Å². The maximum atomic E-state index is 11.6.